The van der Waals surface area contributed by atoms with Crippen LogP contribution in [0.5, 0.6) is 0 Å². The summed E-state index contributed by atoms with van der Waals surface area (Å²) < 4.78 is 4.81. The van der Waals surface area contributed by atoms with Gasteiger partial charge in [-0.25, -0.2) is 0 Å². The number of carbonyl (C=O) groups is 1. The zero-order chi connectivity index (χ0) is 13.5. The molecule has 0 saturated heterocycles. The molecule has 1 aromatic carbocycles. The van der Waals surface area contributed by atoms with Crippen molar-refractivity contribution in [2.75, 3.05) is 6.61 Å². The van der Waals surface area contributed by atoms with E-state index in [-0.39, 0.29) is 5.97 Å². The van der Waals surface area contributed by atoms with Gasteiger partial charge in [0.25, 0.3) is 0 Å². The van der Waals surface area contributed by atoms with Crippen LogP contribution in [0.3, 0.4) is 0 Å². The largest absolute Gasteiger partial charge is 0.466 e. The SMILES string of the molecule is CCCCCCCCOC(C)=O.c1ccccc1. The lowest BCUT2D eigenvalue weighted by atomic mass is 10.1. The Labute approximate surface area is 111 Å². The fourth-order valence-electron chi connectivity index (χ4n) is 1.48. The molecule has 2 heteroatoms. The first-order valence-corrected chi connectivity index (χ1v) is 6.90. The van der Waals surface area contributed by atoms with E-state index in [1.807, 2.05) is 36.4 Å². The van der Waals surface area contributed by atoms with Crippen LogP contribution < -0.4 is 0 Å². The van der Waals surface area contributed by atoms with Gasteiger partial charge in [0.2, 0.25) is 0 Å². The van der Waals surface area contributed by atoms with Crippen LogP contribution in [0, 0.1) is 0 Å². The van der Waals surface area contributed by atoms with Gasteiger partial charge in [0.15, 0.2) is 0 Å². The average Bonchev–Trinajstić information content (AvgIpc) is 2.40. The number of hydrogen-bond donors (Lipinski definition) is 0. The van der Waals surface area contributed by atoms with Gasteiger partial charge in [0, 0.05) is 6.92 Å². The molecule has 18 heavy (non-hydrogen) atoms. The molecule has 0 saturated carbocycles. The van der Waals surface area contributed by atoms with Crippen LogP contribution in [-0.2, 0) is 9.53 Å². The number of ether oxygens (including phenoxy) is 1. The third-order valence-corrected chi connectivity index (χ3v) is 2.47. The molecule has 102 valence electrons. The van der Waals surface area contributed by atoms with Crippen LogP contribution >= 0.6 is 0 Å². The number of benzene rings is 1. The topological polar surface area (TPSA) is 26.3 Å². The summed E-state index contributed by atoms with van der Waals surface area (Å²) >= 11 is 0. The van der Waals surface area contributed by atoms with Crippen molar-refractivity contribution in [2.45, 2.75) is 52.4 Å². The fraction of sp³-hybridized carbons (Fsp3) is 0.562. The second kappa shape index (κ2) is 13.8. The summed E-state index contributed by atoms with van der Waals surface area (Å²) in [6.45, 7) is 4.26. The monoisotopic (exact) mass is 250 g/mol. The molecule has 0 aliphatic heterocycles. The van der Waals surface area contributed by atoms with E-state index in [2.05, 4.69) is 6.92 Å². The Morgan fingerprint density at radius 2 is 1.28 bits per heavy atom. The van der Waals surface area contributed by atoms with Crippen molar-refractivity contribution in [3.05, 3.63) is 36.4 Å². The molecule has 0 aliphatic rings. The van der Waals surface area contributed by atoms with Gasteiger partial charge in [-0.1, -0.05) is 75.4 Å². The van der Waals surface area contributed by atoms with E-state index < -0.39 is 0 Å². The van der Waals surface area contributed by atoms with Gasteiger partial charge in [0.05, 0.1) is 6.61 Å². The molecule has 0 heterocycles. The first-order valence-electron chi connectivity index (χ1n) is 6.90. The van der Waals surface area contributed by atoms with Gasteiger partial charge >= 0.3 is 5.97 Å². The zero-order valence-corrected chi connectivity index (χ0v) is 11.7. The third-order valence-electron chi connectivity index (χ3n) is 2.47. The standard InChI is InChI=1S/C10H20O2.C6H6/c1-3-4-5-6-7-8-9-12-10(2)11;1-2-4-6-5-3-1/h3-9H2,1-2H3;1-6H. The summed E-state index contributed by atoms with van der Waals surface area (Å²) in [5.74, 6) is -0.163. The van der Waals surface area contributed by atoms with Crippen molar-refractivity contribution < 1.29 is 9.53 Å². The maximum Gasteiger partial charge on any atom is 0.302 e. The van der Waals surface area contributed by atoms with Crippen molar-refractivity contribution in [1.82, 2.24) is 0 Å². The maximum atomic E-state index is 10.4. The molecule has 0 bridgehead atoms. The van der Waals surface area contributed by atoms with E-state index in [9.17, 15) is 4.79 Å². The highest BCUT2D eigenvalue weighted by Gasteiger charge is 1.92. The maximum absolute atomic E-state index is 10.4. The Hall–Kier alpha value is -1.31. The van der Waals surface area contributed by atoms with Gasteiger partial charge in [-0.05, 0) is 6.42 Å². The highest BCUT2D eigenvalue weighted by Crippen LogP contribution is 2.04. The summed E-state index contributed by atoms with van der Waals surface area (Å²) in [6, 6.07) is 12.0. The number of esters is 1. The number of unbranched alkanes of at least 4 members (excludes halogenated alkanes) is 5. The minimum Gasteiger partial charge on any atom is -0.466 e. The first kappa shape index (κ1) is 16.7. The second-order valence-corrected chi connectivity index (χ2v) is 4.26. The van der Waals surface area contributed by atoms with Crippen LogP contribution in [-0.4, -0.2) is 12.6 Å². The molecule has 1 aromatic rings. The van der Waals surface area contributed by atoms with Crippen molar-refractivity contribution in [2.24, 2.45) is 0 Å². The smallest absolute Gasteiger partial charge is 0.302 e. The normalized spacial score (nSPS) is 9.22. The fourth-order valence-corrected chi connectivity index (χ4v) is 1.48. The van der Waals surface area contributed by atoms with E-state index in [1.165, 1.54) is 39.0 Å². The van der Waals surface area contributed by atoms with Crippen LogP contribution in [0.1, 0.15) is 52.4 Å². The Balaban J connectivity index is 0.000000397. The molecule has 0 radical (unpaired) electrons. The highest BCUT2D eigenvalue weighted by molar-refractivity contribution is 5.65. The van der Waals surface area contributed by atoms with E-state index in [0.717, 1.165) is 6.42 Å². The molecule has 0 atom stereocenters. The lowest BCUT2D eigenvalue weighted by molar-refractivity contribution is -0.141. The molecule has 1 rings (SSSR count). The molecule has 0 unspecified atom stereocenters. The summed E-state index contributed by atoms with van der Waals surface area (Å²) in [5.41, 5.74) is 0. The minimum atomic E-state index is -0.163. The lowest BCUT2D eigenvalue weighted by Crippen LogP contribution is -1.99. The number of hydrogen-bond acceptors (Lipinski definition) is 2. The van der Waals surface area contributed by atoms with Gasteiger partial charge in [0.1, 0.15) is 0 Å². The highest BCUT2D eigenvalue weighted by atomic mass is 16.5. The Morgan fingerprint density at radius 3 is 1.72 bits per heavy atom. The molecule has 0 aromatic heterocycles. The van der Waals surface area contributed by atoms with E-state index in [0.29, 0.717) is 6.61 Å². The zero-order valence-electron chi connectivity index (χ0n) is 11.7. The predicted octanol–water partition coefficient (Wildman–Crippen LogP) is 4.60. The van der Waals surface area contributed by atoms with Gasteiger partial charge in [-0.2, -0.15) is 0 Å². The van der Waals surface area contributed by atoms with Crippen molar-refractivity contribution in [3.63, 3.8) is 0 Å². The van der Waals surface area contributed by atoms with Crippen molar-refractivity contribution in [3.8, 4) is 0 Å². The first-order chi connectivity index (χ1) is 8.77. The van der Waals surface area contributed by atoms with Crippen LogP contribution in [0.15, 0.2) is 36.4 Å². The third kappa shape index (κ3) is 14.7. The molecular formula is C16H26O2. The predicted molar refractivity (Wildman–Crippen MR) is 76.5 cm³/mol. The van der Waals surface area contributed by atoms with Crippen molar-refractivity contribution >= 4 is 5.97 Å². The molecule has 0 fully saturated rings. The molecule has 0 amide bonds. The van der Waals surface area contributed by atoms with E-state index >= 15 is 0 Å². The molecule has 0 aliphatic carbocycles. The lowest BCUT2D eigenvalue weighted by Gasteiger charge is -2.01. The van der Waals surface area contributed by atoms with Crippen molar-refractivity contribution in [1.29, 1.82) is 0 Å². The minimum absolute atomic E-state index is 0.163. The molecule has 0 N–H and O–H groups in total. The average molecular weight is 250 g/mol. The summed E-state index contributed by atoms with van der Waals surface area (Å²) in [7, 11) is 0. The van der Waals surface area contributed by atoms with Crippen LogP contribution in [0.2, 0.25) is 0 Å². The number of rotatable bonds is 7. The summed E-state index contributed by atoms with van der Waals surface area (Å²) in [6.07, 6.45) is 7.40. The summed E-state index contributed by atoms with van der Waals surface area (Å²) in [4.78, 5) is 10.4. The molecule has 0 spiro atoms. The van der Waals surface area contributed by atoms with Crippen LogP contribution in [0.25, 0.3) is 0 Å². The Morgan fingerprint density at radius 1 is 0.833 bits per heavy atom. The summed E-state index contributed by atoms with van der Waals surface area (Å²) in [5, 5.41) is 0. The second-order valence-electron chi connectivity index (χ2n) is 4.26. The number of carbonyl (C=O) groups excluding carboxylic acids is 1. The van der Waals surface area contributed by atoms with Gasteiger partial charge < -0.3 is 4.74 Å². The van der Waals surface area contributed by atoms with E-state index in [1.54, 1.807) is 0 Å². The van der Waals surface area contributed by atoms with Crippen LogP contribution in [0.4, 0.5) is 0 Å². The Kier molecular flexibility index (Phi) is 12.8. The Bertz CT molecular complexity index is 243. The van der Waals surface area contributed by atoms with Gasteiger partial charge in [-0.3, -0.25) is 4.79 Å². The molecule has 2 nitrogen and oxygen atoms in total. The quantitative estimate of drug-likeness (QED) is 0.522. The molecular weight excluding hydrogens is 224 g/mol. The van der Waals surface area contributed by atoms with E-state index in [4.69, 9.17) is 4.74 Å². The van der Waals surface area contributed by atoms with Gasteiger partial charge in [-0.15, -0.1) is 0 Å².